The van der Waals surface area contributed by atoms with Gasteiger partial charge in [0.2, 0.25) is 0 Å². The average Bonchev–Trinajstić information content (AvgIpc) is 2.75. The zero-order chi connectivity index (χ0) is 14.9. The number of rotatable bonds is 4. The first kappa shape index (κ1) is 14.6. The minimum atomic E-state index is -1.04. The Morgan fingerprint density at radius 2 is 2.05 bits per heavy atom. The summed E-state index contributed by atoms with van der Waals surface area (Å²) in [5.74, 6) is -1.04. The van der Waals surface area contributed by atoms with Gasteiger partial charge in [-0.25, -0.2) is 9.48 Å². The van der Waals surface area contributed by atoms with Crippen LogP contribution in [0.1, 0.15) is 41.0 Å². The van der Waals surface area contributed by atoms with Gasteiger partial charge in [-0.3, -0.25) is 0 Å². The molecule has 0 spiro atoms. The van der Waals surface area contributed by atoms with Crippen LogP contribution < -0.4 is 0 Å². The number of carbonyl (C=O) groups is 1. The second-order valence-electron chi connectivity index (χ2n) is 4.62. The van der Waals surface area contributed by atoms with Crippen LogP contribution in [0.2, 0.25) is 5.15 Å². The quantitative estimate of drug-likeness (QED) is 0.935. The minimum Gasteiger partial charge on any atom is -0.478 e. The van der Waals surface area contributed by atoms with Crippen molar-refractivity contribution in [1.82, 2.24) is 9.78 Å². The van der Waals surface area contributed by atoms with Gasteiger partial charge in [0, 0.05) is 0 Å². The summed E-state index contributed by atoms with van der Waals surface area (Å²) >= 11 is 6.26. The molecular weight excluding hydrogens is 276 g/mol. The molecule has 0 unspecified atom stereocenters. The lowest BCUT2D eigenvalue weighted by Crippen LogP contribution is -2.04. The van der Waals surface area contributed by atoms with Crippen LogP contribution in [0.3, 0.4) is 0 Å². The summed E-state index contributed by atoms with van der Waals surface area (Å²) in [6.45, 7) is 5.89. The molecule has 0 bridgehead atoms. The van der Waals surface area contributed by atoms with Crippen LogP contribution in [0.4, 0.5) is 0 Å². The van der Waals surface area contributed by atoms with Gasteiger partial charge in [0.25, 0.3) is 0 Å². The van der Waals surface area contributed by atoms with Gasteiger partial charge in [0.1, 0.15) is 10.7 Å². The summed E-state index contributed by atoms with van der Waals surface area (Å²) in [6.07, 6.45) is 1.36. The van der Waals surface area contributed by atoms with Crippen molar-refractivity contribution < 1.29 is 9.90 Å². The van der Waals surface area contributed by atoms with E-state index in [9.17, 15) is 9.90 Å². The highest BCUT2D eigenvalue weighted by molar-refractivity contribution is 6.33. The number of hydrogen-bond donors (Lipinski definition) is 1. The molecule has 1 aromatic carbocycles. The van der Waals surface area contributed by atoms with Gasteiger partial charge in [0.05, 0.1) is 11.4 Å². The molecule has 0 fully saturated rings. The van der Waals surface area contributed by atoms with E-state index >= 15 is 0 Å². The van der Waals surface area contributed by atoms with Crippen molar-refractivity contribution in [2.75, 3.05) is 0 Å². The monoisotopic (exact) mass is 292 g/mol. The van der Waals surface area contributed by atoms with Gasteiger partial charge in [0.15, 0.2) is 0 Å². The van der Waals surface area contributed by atoms with Crippen molar-refractivity contribution in [2.45, 2.75) is 33.6 Å². The predicted molar refractivity (Wildman–Crippen MR) is 79.0 cm³/mol. The number of para-hydroxylation sites is 1. The first-order valence-corrected chi connectivity index (χ1v) is 6.98. The molecule has 0 aliphatic rings. The molecular formula is C15H17ClN2O2. The third-order valence-electron chi connectivity index (χ3n) is 3.36. The van der Waals surface area contributed by atoms with Crippen molar-refractivity contribution in [3.8, 4) is 5.69 Å². The molecule has 4 nitrogen and oxygen atoms in total. The third-order valence-corrected chi connectivity index (χ3v) is 3.71. The maximum atomic E-state index is 11.3. The first-order chi connectivity index (χ1) is 9.51. The number of carboxylic acid groups (broad SMARTS) is 1. The minimum absolute atomic E-state index is 0.0967. The fraction of sp³-hybridized carbons (Fsp3) is 0.333. The molecule has 0 atom stereocenters. The molecule has 0 amide bonds. The van der Waals surface area contributed by atoms with Crippen LogP contribution in [0.5, 0.6) is 0 Å². The number of carboxylic acids is 1. The molecule has 1 N–H and O–H groups in total. The molecule has 1 heterocycles. The highest BCUT2D eigenvalue weighted by Gasteiger charge is 2.23. The topological polar surface area (TPSA) is 55.1 Å². The molecule has 20 heavy (non-hydrogen) atoms. The van der Waals surface area contributed by atoms with Crippen LogP contribution in [0, 0.1) is 6.92 Å². The summed E-state index contributed by atoms with van der Waals surface area (Å²) in [5, 5.41) is 13.9. The number of nitrogens with zero attached hydrogens (tertiary/aromatic N) is 2. The fourth-order valence-electron chi connectivity index (χ4n) is 2.35. The van der Waals surface area contributed by atoms with Crippen molar-refractivity contribution in [3.05, 3.63) is 45.7 Å². The molecule has 0 saturated heterocycles. The smallest absolute Gasteiger partial charge is 0.340 e. The number of aromatic nitrogens is 2. The Balaban J connectivity index is 2.74. The van der Waals surface area contributed by atoms with E-state index in [1.807, 2.05) is 32.0 Å². The molecule has 2 aromatic rings. The van der Waals surface area contributed by atoms with Gasteiger partial charge in [-0.1, -0.05) is 43.6 Å². The van der Waals surface area contributed by atoms with Crippen molar-refractivity contribution in [1.29, 1.82) is 0 Å². The van der Waals surface area contributed by atoms with Crippen LogP contribution in [0.25, 0.3) is 5.69 Å². The van der Waals surface area contributed by atoms with Crippen LogP contribution in [0.15, 0.2) is 18.2 Å². The first-order valence-electron chi connectivity index (χ1n) is 6.60. The number of benzene rings is 1. The van der Waals surface area contributed by atoms with Crippen LogP contribution in [-0.4, -0.2) is 20.9 Å². The number of aromatic carboxylic acids is 1. The Labute approximate surface area is 123 Å². The zero-order valence-corrected chi connectivity index (χ0v) is 12.5. The van der Waals surface area contributed by atoms with E-state index in [1.165, 1.54) is 0 Å². The summed E-state index contributed by atoms with van der Waals surface area (Å²) in [4.78, 5) is 11.3. The van der Waals surface area contributed by atoms with E-state index in [2.05, 4.69) is 12.0 Å². The molecule has 2 rings (SSSR count). The molecule has 0 radical (unpaired) electrons. The second-order valence-corrected chi connectivity index (χ2v) is 4.98. The molecule has 1 aromatic heterocycles. The largest absolute Gasteiger partial charge is 0.478 e. The Kier molecular flexibility index (Phi) is 4.14. The van der Waals surface area contributed by atoms with E-state index < -0.39 is 5.97 Å². The standard InChI is InChI=1S/C15H17ClN2O2/c1-4-10-8-6-7-9(3)13(10)18-14(16)12(15(19)20)11(5-2)17-18/h6-8H,4-5H2,1-3H3,(H,19,20). The molecule has 0 saturated carbocycles. The van der Waals surface area contributed by atoms with Gasteiger partial charge in [-0.15, -0.1) is 0 Å². The second kappa shape index (κ2) is 5.67. The SMILES string of the molecule is CCc1cccc(C)c1-n1nc(CC)c(C(=O)O)c1Cl. The van der Waals surface area contributed by atoms with Crippen LogP contribution in [-0.2, 0) is 12.8 Å². The van der Waals surface area contributed by atoms with E-state index in [0.717, 1.165) is 23.2 Å². The predicted octanol–water partition coefficient (Wildman–Crippen LogP) is 3.66. The van der Waals surface area contributed by atoms with Gasteiger partial charge in [-0.05, 0) is 30.9 Å². The number of halogens is 1. The van der Waals surface area contributed by atoms with Gasteiger partial charge in [-0.2, -0.15) is 5.10 Å². The van der Waals surface area contributed by atoms with Crippen molar-refractivity contribution in [2.24, 2.45) is 0 Å². The average molecular weight is 293 g/mol. The summed E-state index contributed by atoms with van der Waals surface area (Å²) < 4.78 is 1.55. The molecule has 0 aliphatic carbocycles. The Bertz CT molecular complexity index is 662. The van der Waals surface area contributed by atoms with E-state index in [1.54, 1.807) is 4.68 Å². The number of hydrogen-bond acceptors (Lipinski definition) is 2. The summed E-state index contributed by atoms with van der Waals surface area (Å²) in [6, 6.07) is 5.96. The molecule has 0 aliphatic heterocycles. The lowest BCUT2D eigenvalue weighted by atomic mass is 10.1. The Morgan fingerprint density at radius 3 is 2.55 bits per heavy atom. The normalized spacial score (nSPS) is 10.8. The van der Waals surface area contributed by atoms with Gasteiger partial charge >= 0.3 is 5.97 Å². The lowest BCUT2D eigenvalue weighted by Gasteiger charge is -2.12. The Hall–Kier alpha value is -1.81. The maximum absolute atomic E-state index is 11.3. The Morgan fingerprint density at radius 1 is 1.35 bits per heavy atom. The van der Waals surface area contributed by atoms with Gasteiger partial charge < -0.3 is 5.11 Å². The van der Waals surface area contributed by atoms with E-state index in [-0.39, 0.29) is 10.7 Å². The van der Waals surface area contributed by atoms with Crippen LogP contribution >= 0.6 is 11.6 Å². The van der Waals surface area contributed by atoms with Crippen molar-refractivity contribution in [3.63, 3.8) is 0 Å². The zero-order valence-electron chi connectivity index (χ0n) is 11.8. The highest BCUT2D eigenvalue weighted by Crippen LogP contribution is 2.28. The summed E-state index contributed by atoms with van der Waals surface area (Å²) in [7, 11) is 0. The number of aryl methyl sites for hydroxylation is 3. The molecule has 5 heteroatoms. The van der Waals surface area contributed by atoms with Crippen molar-refractivity contribution >= 4 is 17.6 Å². The lowest BCUT2D eigenvalue weighted by molar-refractivity contribution is 0.0696. The third kappa shape index (κ3) is 2.31. The van der Waals surface area contributed by atoms with E-state index in [4.69, 9.17) is 11.6 Å². The molecule has 106 valence electrons. The maximum Gasteiger partial charge on any atom is 0.340 e. The fourth-order valence-corrected chi connectivity index (χ4v) is 2.67. The highest BCUT2D eigenvalue weighted by atomic mass is 35.5. The van der Waals surface area contributed by atoms with E-state index in [0.29, 0.717) is 12.1 Å². The summed E-state index contributed by atoms with van der Waals surface area (Å²) in [5.41, 5.74) is 3.59.